The van der Waals surface area contributed by atoms with Gasteiger partial charge in [0, 0.05) is 0 Å². The molecule has 3 atom stereocenters. The Balaban J connectivity index is 2.79. The second-order valence-electron chi connectivity index (χ2n) is 2.64. The predicted molar refractivity (Wildman–Crippen MR) is 38.9 cm³/mol. The zero-order valence-electron chi connectivity index (χ0n) is 6.95. The van der Waals surface area contributed by atoms with Gasteiger partial charge in [-0.2, -0.15) is 0 Å². The Labute approximate surface area is 78.2 Å². The molecular weight excluding hydrogens is 196 g/mol. The van der Waals surface area contributed by atoms with Crippen LogP contribution in [0.15, 0.2) is 0 Å². The number of esters is 1. The van der Waals surface area contributed by atoms with Crippen molar-refractivity contribution in [2.75, 3.05) is 6.61 Å². The predicted octanol–water partition coefficient (Wildman–Crippen LogP) is -2.62. The molecule has 0 aromatic heterocycles. The van der Waals surface area contributed by atoms with Crippen molar-refractivity contribution in [3.05, 3.63) is 0 Å². The number of hydrogen-bond donors (Lipinski definition) is 2. The van der Waals surface area contributed by atoms with Crippen LogP contribution in [0, 0.1) is 0 Å². The molecule has 0 spiro atoms. The maximum atomic E-state index is 11.0. The highest BCUT2D eigenvalue weighted by atomic mass is 16.6. The van der Waals surface area contributed by atoms with Gasteiger partial charge in [0.25, 0.3) is 12.3 Å². The summed E-state index contributed by atoms with van der Waals surface area (Å²) in [5, 5.41) is 17.7. The minimum atomic E-state index is -1.47. The molecule has 0 radical (unpaired) electrons. The van der Waals surface area contributed by atoms with E-state index in [0.29, 0.717) is 0 Å². The van der Waals surface area contributed by atoms with E-state index in [-0.39, 0.29) is 6.47 Å². The van der Waals surface area contributed by atoms with Crippen molar-refractivity contribution in [2.24, 2.45) is 0 Å². The Morgan fingerprint density at radius 2 is 2.21 bits per heavy atom. The van der Waals surface area contributed by atoms with Crippen LogP contribution in [0.1, 0.15) is 0 Å². The zero-order valence-corrected chi connectivity index (χ0v) is 6.95. The highest BCUT2D eigenvalue weighted by molar-refractivity contribution is 6.37. The molecule has 78 valence electrons. The Morgan fingerprint density at radius 1 is 1.57 bits per heavy atom. The van der Waals surface area contributed by atoms with Crippen LogP contribution in [0.3, 0.4) is 0 Å². The number of cyclic esters (lactones) is 1. The Hall–Kier alpha value is -1.47. The normalized spacial score (nSPS) is 28.4. The molecule has 1 rings (SSSR count). The quantitative estimate of drug-likeness (QED) is 0.293. The van der Waals surface area contributed by atoms with Crippen molar-refractivity contribution in [1.29, 1.82) is 0 Å². The SMILES string of the molecule is O=COC1C(=O)C(=O)O[C@@H]1[C@@H](O)CO. The van der Waals surface area contributed by atoms with Gasteiger partial charge in [0.1, 0.15) is 6.10 Å². The number of ether oxygens (including phenoxy) is 2. The summed E-state index contributed by atoms with van der Waals surface area (Å²) in [5.41, 5.74) is 0. The van der Waals surface area contributed by atoms with Crippen LogP contribution in [0.4, 0.5) is 0 Å². The van der Waals surface area contributed by atoms with Crippen molar-refractivity contribution < 1.29 is 34.1 Å². The lowest BCUT2D eigenvalue weighted by Gasteiger charge is -2.18. The number of ketones is 1. The van der Waals surface area contributed by atoms with Gasteiger partial charge in [-0.1, -0.05) is 0 Å². The summed E-state index contributed by atoms with van der Waals surface area (Å²) in [5.74, 6) is -2.23. The fourth-order valence-electron chi connectivity index (χ4n) is 1.09. The first-order valence-corrected chi connectivity index (χ1v) is 3.74. The van der Waals surface area contributed by atoms with Gasteiger partial charge >= 0.3 is 5.97 Å². The largest absolute Gasteiger partial charge is 0.452 e. The standard InChI is InChI=1S/C7H8O7/c8-1-3(10)5-6(13-2-9)4(11)7(12)14-5/h2-3,5-6,8,10H,1H2/t3-,5+,6?/m0/s1. The molecule has 1 aliphatic rings. The highest BCUT2D eigenvalue weighted by Gasteiger charge is 2.48. The minimum Gasteiger partial charge on any atom is -0.452 e. The van der Waals surface area contributed by atoms with Gasteiger partial charge in [-0.15, -0.1) is 0 Å². The highest BCUT2D eigenvalue weighted by Crippen LogP contribution is 2.17. The molecule has 2 N–H and O–H groups in total. The number of carbonyl (C=O) groups is 3. The average molecular weight is 204 g/mol. The number of carbonyl (C=O) groups excluding carboxylic acids is 3. The summed E-state index contributed by atoms with van der Waals surface area (Å²) < 4.78 is 8.68. The lowest BCUT2D eigenvalue weighted by Crippen LogP contribution is -2.40. The van der Waals surface area contributed by atoms with E-state index in [9.17, 15) is 14.4 Å². The summed E-state index contributed by atoms with van der Waals surface area (Å²) in [6.07, 6.45) is -4.25. The number of aliphatic hydroxyl groups excluding tert-OH is 2. The molecule has 0 amide bonds. The van der Waals surface area contributed by atoms with Crippen molar-refractivity contribution in [2.45, 2.75) is 18.3 Å². The summed E-state index contributed by atoms with van der Waals surface area (Å²) >= 11 is 0. The summed E-state index contributed by atoms with van der Waals surface area (Å²) in [4.78, 5) is 31.7. The molecule has 0 aromatic carbocycles. The Kier molecular flexibility index (Phi) is 3.15. The first kappa shape index (κ1) is 10.6. The molecule has 1 aliphatic heterocycles. The minimum absolute atomic E-state index is 0.0262. The maximum Gasteiger partial charge on any atom is 0.379 e. The summed E-state index contributed by atoms with van der Waals surface area (Å²) in [7, 11) is 0. The van der Waals surface area contributed by atoms with Crippen LogP contribution in [0.5, 0.6) is 0 Å². The fraction of sp³-hybridized carbons (Fsp3) is 0.571. The van der Waals surface area contributed by atoms with Crippen molar-refractivity contribution >= 4 is 18.2 Å². The molecule has 1 fully saturated rings. The van der Waals surface area contributed by atoms with E-state index in [1.165, 1.54) is 0 Å². The van der Waals surface area contributed by atoms with Crippen molar-refractivity contribution in [3.63, 3.8) is 0 Å². The third kappa shape index (κ3) is 1.73. The molecule has 14 heavy (non-hydrogen) atoms. The van der Waals surface area contributed by atoms with E-state index in [2.05, 4.69) is 9.47 Å². The molecule has 1 unspecified atom stereocenters. The van der Waals surface area contributed by atoms with E-state index in [1.807, 2.05) is 0 Å². The molecule has 1 saturated heterocycles. The first-order valence-electron chi connectivity index (χ1n) is 3.74. The molecule has 0 aliphatic carbocycles. The number of aliphatic hydroxyl groups is 2. The van der Waals surface area contributed by atoms with Crippen LogP contribution in [-0.2, 0) is 23.9 Å². The molecule has 7 nitrogen and oxygen atoms in total. The first-order chi connectivity index (χ1) is 6.61. The summed E-state index contributed by atoms with van der Waals surface area (Å²) in [6, 6.07) is 0. The lowest BCUT2D eigenvalue weighted by molar-refractivity contribution is -0.152. The second-order valence-corrected chi connectivity index (χ2v) is 2.64. The maximum absolute atomic E-state index is 11.0. The Morgan fingerprint density at radius 3 is 2.71 bits per heavy atom. The van der Waals surface area contributed by atoms with Crippen molar-refractivity contribution in [1.82, 2.24) is 0 Å². The third-order valence-corrected chi connectivity index (χ3v) is 1.77. The van der Waals surface area contributed by atoms with Gasteiger partial charge in [-0.25, -0.2) is 4.79 Å². The molecule has 0 aromatic rings. The number of Topliss-reactive ketones (excluding diaryl/α,β-unsaturated/α-hetero) is 1. The fourth-order valence-corrected chi connectivity index (χ4v) is 1.09. The van der Waals surface area contributed by atoms with Crippen LogP contribution < -0.4 is 0 Å². The van der Waals surface area contributed by atoms with Gasteiger partial charge in [0.05, 0.1) is 6.61 Å². The van der Waals surface area contributed by atoms with Gasteiger partial charge in [0.2, 0.25) is 6.10 Å². The monoisotopic (exact) mass is 204 g/mol. The molecule has 0 bridgehead atoms. The molecular formula is C7H8O7. The molecule has 1 heterocycles. The lowest BCUT2D eigenvalue weighted by atomic mass is 10.1. The van der Waals surface area contributed by atoms with Crippen LogP contribution in [-0.4, -0.2) is 53.4 Å². The second kappa shape index (κ2) is 4.16. The topological polar surface area (TPSA) is 110 Å². The van der Waals surface area contributed by atoms with Gasteiger partial charge < -0.3 is 19.7 Å². The van der Waals surface area contributed by atoms with Crippen molar-refractivity contribution in [3.8, 4) is 0 Å². The zero-order chi connectivity index (χ0) is 10.7. The van der Waals surface area contributed by atoms with E-state index in [1.54, 1.807) is 0 Å². The molecule has 7 heteroatoms. The number of hydrogen-bond acceptors (Lipinski definition) is 7. The van der Waals surface area contributed by atoms with Gasteiger partial charge in [0.15, 0.2) is 6.10 Å². The summed E-state index contributed by atoms with van der Waals surface area (Å²) in [6.45, 7) is -0.731. The van der Waals surface area contributed by atoms with E-state index in [4.69, 9.17) is 10.2 Å². The van der Waals surface area contributed by atoms with Crippen LogP contribution in [0.25, 0.3) is 0 Å². The van der Waals surface area contributed by atoms with Crippen LogP contribution >= 0.6 is 0 Å². The Bertz CT molecular complexity index is 261. The van der Waals surface area contributed by atoms with E-state index < -0.39 is 36.7 Å². The van der Waals surface area contributed by atoms with Crippen LogP contribution in [0.2, 0.25) is 0 Å². The average Bonchev–Trinajstić information content (AvgIpc) is 2.45. The van der Waals surface area contributed by atoms with E-state index in [0.717, 1.165) is 0 Å². The van der Waals surface area contributed by atoms with E-state index >= 15 is 0 Å². The third-order valence-electron chi connectivity index (χ3n) is 1.77. The van der Waals surface area contributed by atoms with Gasteiger partial charge in [-0.3, -0.25) is 9.59 Å². The molecule has 0 saturated carbocycles. The van der Waals surface area contributed by atoms with Gasteiger partial charge in [-0.05, 0) is 0 Å². The number of rotatable bonds is 4. The smallest absolute Gasteiger partial charge is 0.379 e.